The fourth-order valence-electron chi connectivity index (χ4n) is 2.08. The van der Waals surface area contributed by atoms with Crippen LogP contribution in [0, 0.1) is 6.92 Å². The molecule has 82 valence electrons. The first-order valence-corrected chi connectivity index (χ1v) is 6.23. The first-order valence-electron chi connectivity index (χ1n) is 5.43. The lowest BCUT2D eigenvalue weighted by atomic mass is 9.93. The summed E-state index contributed by atoms with van der Waals surface area (Å²) in [5.41, 5.74) is 8.68. The number of aryl methyl sites for hydroxylation is 1. The normalized spacial score (nSPS) is 26.6. The van der Waals surface area contributed by atoms with Gasteiger partial charge in [0.1, 0.15) is 0 Å². The third kappa shape index (κ3) is 2.41. The minimum atomic E-state index is 0.244. The molecule has 15 heavy (non-hydrogen) atoms. The number of nitrogens with two attached hydrogens (primary N) is 1. The summed E-state index contributed by atoms with van der Waals surface area (Å²) >= 11 is 3.56. The van der Waals surface area contributed by atoms with Crippen LogP contribution in [0.25, 0.3) is 0 Å². The zero-order valence-electron chi connectivity index (χ0n) is 8.96. The Morgan fingerprint density at radius 3 is 2.93 bits per heavy atom. The Kier molecular flexibility index (Phi) is 3.44. The summed E-state index contributed by atoms with van der Waals surface area (Å²) in [6.07, 6.45) is 2.30. The summed E-state index contributed by atoms with van der Waals surface area (Å²) in [5.74, 6) is 0. The van der Waals surface area contributed by atoms with Gasteiger partial charge in [0.25, 0.3) is 0 Å². The van der Waals surface area contributed by atoms with E-state index in [9.17, 15) is 0 Å². The molecular weight excluding hydrogens is 252 g/mol. The van der Waals surface area contributed by atoms with E-state index in [1.807, 2.05) is 0 Å². The number of hydrogen-bond acceptors (Lipinski definition) is 2. The third-order valence-electron chi connectivity index (χ3n) is 3.06. The Labute approximate surface area is 99.4 Å². The molecule has 0 unspecified atom stereocenters. The summed E-state index contributed by atoms with van der Waals surface area (Å²) < 4.78 is 1.17. The fourth-order valence-corrected chi connectivity index (χ4v) is 2.48. The van der Waals surface area contributed by atoms with Gasteiger partial charge in [-0.2, -0.15) is 0 Å². The Balaban J connectivity index is 2.24. The molecule has 2 atom stereocenters. The van der Waals surface area contributed by atoms with Gasteiger partial charge in [0.05, 0.1) is 0 Å². The molecule has 0 aromatic heterocycles. The number of nitrogens with one attached hydrogen (secondary N) is 1. The molecule has 1 heterocycles. The van der Waals surface area contributed by atoms with Crippen LogP contribution < -0.4 is 11.1 Å². The number of halogens is 1. The second-order valence-electron chi connectivity index (χ2n) is 4.25. The largest absolute Gasteiger partial charge is 0.326 e. The molecule has 0 radical (unpaired) electrons. The zero-order valence-corrected chi connectivity index (χ0v) is 10.5. The van der Waals surface area contributed by atoms with Crippen LogP contribution in [0.1, 0.15) is 30.0 Å². The fraction of sp³-hybridized carbons (Fsp3) is 0.500. The smallest absolute Gasteiger partial charge is 0.0474 e. The number of benzene rings is 1. The number of piperidine rings is 1. The van der Waals surface area contributed by atoms with Crippen LogP contribution >= 0.6 is 15.9 Å². The maximum Gasteiger partial charge on any atom is 0.0474 e. The summed E-state index contributed by atoms with van der Waals surface area (Å²) in [6, 6.07) is 7.05. The van der Waals surface area contributed by atoms with Gasteiger partial charge in [-0.15, -0.1) is 0 Å². The molecule has 0 bridgehead atoms. The summed E-state index contributed by atoms with van der Waals surface area (Å²) in [4.78, 5) is 0. The van der Waals surface area contributed by atoms with E-state index in [0.29, 0.717) is 6.04 Å². The van der Waals surface area contributed by atoms with Gasteiger partial charge >= 0.3 is 0 Å². The molecule has 0 spiro atoms. The molecule has 0 amide bonds. The quantitative estimate of drug-likeness (QED) is 0.822. The van der Waals surface area contributed by atoms with E-state index in [-0.39, 0.29) is 6.04 Å². The van der Waals surface area contributed by atoms with Gasteiger partial charge < -0.3 is 11.1 Å². The molecule has 1 fully saturated rings. The van der Waals surface area contributed by atoms with E-state index in [0.717, 1.165) is 13.0 Å². The van der Waals surface area contributed by atoms with E-state index in [4.69, 9.17) is 5.73 Å². The van der Waals surface area contributed by atoms with Crippen LogP contribution in [-0.2, 0) is 0 Å². The van der Waals surface area contributed by atoms with Gasteiger partial charge in [0.2, 0.25) is 0 Å². The zero-order chi connectivity index (χ0) is 10.8. The first-order chi connectivity index (χ1) is 7.18. The SMILES string of the molecule is Cc1ccc([C@H]2NCCC[C@H]2N)cc1Br. The Hall–Kier alpha value is -0.380. The van der Waals surface area contributed by atoms with Crippen molar-refractivity contribution in [2.75, 3.05) is 6.54 Å². The topological polar surface area (TPSA) is 38.0 Å². The second-order valence-corrected chi connectivity index (χ2v) is 5.10. The van der Waals surface area contributed by atoms with Crippen molar-refractivity contribution in [3.63, 3.8) is 0 Å². The molecule has 1 aliphatic heterocycles. The highest BCUT2D eigenvalue weighted by molar-refractivity contribution is 9.10. The predicted molar refractivity (Wildman–Crippen MR) is 66.8 cm³/mol. The van der Waals surface area contributed by atoms with Crippen molar-refractivity contribution >= 4 is 15.9 Å². The lowest BCUT2D eigenvalue weighted by Gasteiger charge is -2.30. The van der Waals surface area contributed by atoms with Gasteiger partial charge in [0.15, 0.2) is 0 Å². The average Bonchev–Trinajstić information content (AvgIpc) is 2.23. The second kappa shape index (κ2) is 4.64. The Morgan fingerprint density at radius 1 is 1.47 bits per heavy atom. The molecule has 2 nitrogen and oxygen atoms in total. The van der Waals surface area contributed by atoms with Gasteiger partial charge in [0, 0.05) is 16.6 Å². The number of hydrogen-bond donors (Lipinski definition) is 2. The molecule has 0 saturated carbocycles. The number of rotatable bonds is 1. The lowest BCUT2D eigenvalue weighted by Crippen LogP contribution is -2.42. The van der Waals surface area contributed by atoms with Crippen molar-refractivity contribution < 1.29 is 0 Å². The van der Waals surface area contributed by atoms with Gasteiger partial charge in [-0.1, -0.05) is 28.1 Å². The standard InChI is InChI=1S/C12H17BrN2/c1-8-4-5-9(7-10(8)13)12-11(14)3-2-6-15-12/h4-5,7,11-12,15H,2-3,6,14H2,1H3/t11-,12-/m1/s1. The van der Waals surface area contributed by atoms with Gasteiger partial charge in [-0.3, -0.25) is 0 Å². The molecule has 1 saturated heterocycles. The average molecular weight is 269 g/mol. The highest BCUT2D eigenvalue weighted by Gasteiger charge is 2.22. The minimum absolute atomic E-state index is 0.244. The van der Waals surface area contributed by atoms with E-state index in [1.165, 1.54) is 22.0 Å². The van der Waals surface area contributed by atoms with E-state index < -0.39 is 0 Å². The van der Waals surface area contributed by atoms with Crippen molar-refractivity contribution in [3.05, 3.63) is 33.8 Å². The van der Waals surface area contributed by atoms with Gasteiger partial charge in [-0.25, -0.2) is 0 Å². The van der Waals surface area contributed by atoms with Crippen molar-refractivity contribution in [1.29, 1.82) is 0 Å². The monoisotopic (exact) mass is 268 g/mol. The van der Waals surface area contributed by atoms with Crippen LogP contribution in [0.3, 0.4) is 0 Å². The maximum absolute atomic E-state index is 6.12. The molecular formula is C12H17BrN2. The van der Waals surface area contributed by atoms with Crippen molar-refractivity contribution in [2.24, 2.45) is 5.73 Å². The first kappa shape index (κ1) is 11.1. The Bertz CT molecular complexity index is 351. The molecule has 1 aliphatic rings. The molecule has 2 rings (SSSR count). The Morgan fingerprint density at radius 2 is 2.27 bits per heavy atom. The lowest BCUT2D eigenvalue weighted by molar-refractivity contribution is 0.358. The minimum Gasteiger partial charge on any atom is -0.326 e. The molecule has 0 aliphatic carbocycles. The van der Waals surface area contributed by atoms with Gasteiger partial charge in [-0.05, 0) is 43.5 Å². The molecule has 3 heteroatoms. The van der Waals surface area contributed by atoms with E-state index >= 15 is 0 Å². The summed E-state index contributed by atoms with van der Waals surface area (Å²) in [5, 5.41) is 3.49. The van der Waals surface area contributed by atoms with E-state index in [2.05, 4.69) is 46.4 Å². The predicted octanol–water partition coefficient (Wildman–Crippen LogP) is 2.51. The highest BCUT2D eigenvalue weighted by Crippen LogP contribution is 2.26. The van der Waals surface area contributed by atoms with Crippen molar-refractivity contribution in [3.8, 4) is 0 Å². The molecule has 1 aromatic carbocycles. The summed E-state index contributed by atoms with van der Waals surface area (Å²) in [7, 11) is 0. The highest BCUT2D eigenvalue weighted by atomic mass is 79.9. The van der Waals surface area contributed by atoms with Crippen LogP contribution in [-0.4, -0.2) is 12.6 Å². The van der Waals surface area contributed by atoms with Crippen molar-refractivity contribution in [2.45, 2.75) is 31.8 Å². The van der Waals surface area contributed by atoms with Crippen molar-refractivity contribution in [1.82, 2.24) is 5.32 Å². The third-order valence-corrected chi connectivity index (χ3v) is 3.92. The van der Waals surface area contributed by atoms with Crippen LogP contribution in [0.2, 0.25) is 0 Å². The van der Waals surface area contributed by atoms with Crippen LogP contribution in [0.5, 0.6) is 0 Å². The molecule has 1 aromatic rings. The maximum atomic E-state index is 6.12. The van der Waals surface area contributed by atoms with E-state index in [1.54, 1.807) is 0 Å². The molecule has 3 N–H and O–H groups in total. The summed E-state index contributed by atoms with van der Waals surface area (Å²) in [6.45, 7) is 3.17. The van der Waals surface area contributed by atoms with Crippen LogP contribution in [0.15, 0.2) is 22.7 Å². The van der Waals surface area contributed by atoms with Crippen LogP contribution in [0.4, 0.5) is 0 Å².